The van der Waals surface area contributed by atoms with Crippen molar-refractivity contribution in [3.05, 3.63) is 139 Å². The van der Waals surface area contributed by atoms with Crippen molar-refractivity contribution in [3.63, 3.8) is 0 Å². The highest BCUT2D eigenvalue weighted by Crippen LogP contribution is 2.42. The van der Waals surface area contributed by atoms with Gasteiger partial charge in [0.15, 0.2) is 10.9 Å². The molecule has 464 valence electrons. The molecule has 8 rings (SSSR count). The molecule has 2 aromatic heterocycles. The Morgan fingerprint density at radius 1 is 0.314 bits per heavy atom. The van der Waals surface area contributed by atoms with Gasteiger partial charge in [-0.15, -0.1) is 22.7 Å². The molecule has 0 bridgehead atoms. The molecule has 2 atom stereocenters. The zero-order valence-electron chi connectivity index (χ0n) is 54.9. The second-order valence-corrected chi connectivity index (χ2v) is 29.1. The van der Waals surface area contributed by atoms with Gasteiger partial charge in [0, 0.05) is 41.4 Å². The summed E-state index contributed by atoms with van der Waals surface area (Å²) in [4.78, 5) is 36.4. The minimum atomic E-state index is 0.171. The molecule has 2 unspecified atom stereocenters. The van der Waals surface area contributed by atoms with Crippen molar-refractivity contribution in [2.45, 2.75) is 286 Å². The highest BCUT2D eigenvalue weighted by molar-refractivity contribution is 7.23. The number of thiophene rings is 2. The molecule has 0 radical (unpaired) electrons. The van der Waals surface area contributed by atoms with Crippen molar-refractivity contribution in [1.82, 2.24) is 0 Å². The Kier molecular flexibility index (Phi) is 28.8. The van der Waals surface area contributed by atoms with Crippen LogP contribution in [0.2, 0.25) is 0 Å². The predicted molar refractivity (Wildman–Crippen MR) is 384 cm³/mol. The van der Waals surface area contributed by atoms with Crippen LogP contribution in [0.3, 0.4) is 0 Å². The molecule has 0 aliphatic heterocycles. The summed E-state index contributed by atoms with van der Waals surface area (Å²) in [5.41, 5.74) is 8.74. The molecular weight excluding hydrogens is 1080 g/mol. The van der Waals surface area contributed by atoms with Gasteiger partial charge in [-0.05, 0) is 136 Å². The SMILES string of the molecule is CCCCCCCCCCCCC(CCCCCCCC)Cc1cc2c3cc(-c4ccc(-c5ccc(-c6ccc(C)s6)s5)cc4)c(=O)c3c(CC(CCCCCCCC)CCCCCCCCCCCC)cc2c2cc(-c3ccc(C)cc3)c(=O)c12. The van der Waals surface area contributed by atoms with Gasteiger partial charge < -0.3 is 0 Å². The third kappa shape index (κ3) is 19.7. The smallest absolute Gasteiger partial charge is 0.194 e. The summed E-state index contributed by atoms with van der Waals surface area (Å²) >= 11 is 3.70. The van der Waals surface area contributed by atoms with E-state index in [1.54, 1.807) is 0 Å². The standard InChI is InChI=1S/C82H112O2S2/c1-7-11-15-19-23-25-27-29-33-37-41-63(39-35-31-21-17-13-9-3)55-68-57-73-72(74-59-70(81(83)79(68)74)65-46-43-61(5)44-47-65)58-69(56-64(40-36-32-22-18-14-10-4)42-38-34-30-28-26-24-20-16-12-8-2)80-75(73)60-71(82(80)84)66-48-50-67(51-49-66)76-53-54-78(86-76)77-52-45-62(6)85-77/h43-54,57-60,63-64H,7-42,55-56H2,1-6H3. The zero-order valence-corrected chi connectivity index (χ0v) is 56.5. The van der Waals surface area contributed by atoms with Gasteiger partial charge in [-0.2, -0.15) is 0 Å². The summed E-state index contributed by atoms with van der Waals surface area (Å²) < 4.78 is 0. The van der Waals surface area contributed by atoms with Crippen LogP contribution in [0.4, 0.5) is 0 Å². The summed E-state index contributed by atoms with van der Waals surface area (Å²) in [6.07, 6.45) is 49.0. The Balaban J connectivity index is 1.20. The van der Waals surface area contributed by atoms with Crippen molar-refractivity contribution in [1.29, 1.82) is 0 Å². The molecule has 2 nitrogen and oxygen atoms in total. The molecule has 8 aromatic rings. The molecule has 2 heterocycles. The lowest BCUT2D eigenvalue weighted by Crippen LogP contribution is -2.10. The van der Waals surface area contributed by atoms with Crippen molar-refractivity contribution >= 4 is 55.0 Å². The third-order valence-electron chi connectivity index (χ3n) is 19.5. The van der Waals surface area contributed by atoms with Crippen LogP contribution >= 0.6 is 22.7 Å². The minimum Gasteiger partial charge on any atom is -0.289 e. The number of hydrogen-bond acceptors (Lipinski definition) is 4. The fourth-order valence-electron chi connectivity index (χ4n) is 14.3. The van der Waals surface area contributed by atoms with Gasteiger partial charge in [0.25, 0.3) is 0 Å². The first-order valence-corrected chi connectivity index (χ1v) is 37.4. The Morgan fingerprint density at radius 3 is 0.988 bits per heavy atom. The molecule has 86 heavy (non-hydrogen) atoms. The van der Waals surface area contributed by atoms with Crippen molar-refractivity contribution in [2.24, 2.45) is 11.8 Å². The predicted octanol–water partition coefficient (Wildman–Crippen LogP) is 26.6. The van der Waals surface area contributed by atoms with Gasteiger partial charge in [-0.3, -0.25) is 9.59 Å². The van der Waals surface area contributed by atoms with E-state index in [0.717, 1.165) is 67.4 Å². The van der Waals surface area contributed by atoms with Crippen molar-refractivity contribution in [3.8, 4) is 42.4 Å². The molecule has 4 heteroatoms. The van der Waals surface area contributed by atoms with Gasteiger partial charge in [0.05, 0.1) is 0 Å². The Morgan fingerprint density at radius 2 is 0.628 bits per heavy atom. The summed E-state index contributed by atoms with van der Waals surface area (Å²) in [5, 5.41) is 6.34. The molecular formula is C82H112O2S2. The first-order chi connectivity index (χ1) is 42.2. The van der Waals surface area contributed by atoms with Crippen LogP contribution in [0.15, 0.2) is 107 Å². The Bertz CT molecular complexity index is 3300. The number of benzene rings is 4. The van der Waals surface area contributed by atoms with E-state index in [1.807, 2.05) is 22.7 Å². The highest BCUT2D eigenvalue weighted by atomic mass is 32.1. The number of fused-ring (bicyclic) bond motifs is 5. The van der Waals surface area contributed by atoms with Crippen LogP contribution in [0.1, 0.15) is 280 Å². The third-order valence-corrected chi connectivity index (χ3v) is 21.9. The number of hydrogen-bond donors (Lipinski definition) is 0. The zero-order chi connectivity index (χ0) is 60.3. The van der Waals surface area contributed by atoms with Gasteiger partial charge in [0.1, 0.15) is 0 Å². The summed E-state index contributed by atoms with van der Waals surface area (Å²) in [7, 11) is 0. The Hall–Kier alpha value is -4.64. The average molecular weight is 1190 g/mol. The van der Waals surface area contributed by atoms with Crippen LogP contribution in [-0.2, 0) is 12.8 Å². The molecule has 0 fully saturated rings. The lowest BCUT2D eigenvalue weighted by molar-refractivity contribution is 0.401. The first kappa shape index (κ1) is 67.3. The molecule has 6 aromatic carbocycles. The monoisotopic (exact) mass is 1190 g/mol. The van der Waals surface area contributed by atoms with E-state index in [0.29, 0.717) is 11.8 Å². The van der Waals surface area contributed by atoms with Crippen LogP contribution in [-0.4, -0.2) is 0 Å². The molecule has 0 aliphatic rings. The quantitative estimate of drug-likeness (QED) is 0.0357. The van der Waals surface area contributed by atoms with Gasteiger partial charge in [0.2, 0.25) is 0 Å². The van der Waals surface area contributed by atoms with Crippen LogP contribution in [0, 0.1) is 25.7 Å². The molecule has 0 amide bonds. The maximum atomic E-state index is 15.7. The van der Waals surface area contributed by atoms with E-state index >= 15 is 9.59 Å². The maximum absolute atomic E-state index is 15.7. The molecule has 0 saturated carbocycles. The summed E-state index contributed by atoms with van der Waals surface area (Å²) in [6, 6.07) is 35.9. The van der Waals surface area contributed by atoms with E-state index in [2.05, 4.69) is 139 Å². The normalized spacial score (nSPS) is 12.7. The lowest BCUT2D eigenvalue weighted by atomic mass is 9.84. The summed E-state index contributed by atoms with van der Waals surface area (Å²) in [6.45, 7) is 13.6. The van der Waals surface area contributed by atoms with Crippen LogP contribution in [0.5, 0.6) is 0 Å². The van der Waals surface area contributed by atoms with E-state index in [9.17, 15) is 0 Å². The molecule has 0 spiro atoms. The molecule has 0 aliphatic carbocycles. The van der Waals surface area contributed by atoms with Gasteiger partial charge >= 0.3 is 0 Å². The van der Waals surface area contributed by atoms with E-state index in [-0.39, 0.29) is 10.9 Å². The lowest BCUT2D eigenvalue weighted by Gasteiger charge is -2.20. The maximum Gasteiger partial charge on any atom is 0.194 e. The van der Waals surface area contributed by atoms with Crippen molar-refractivity contribution < 1.29 is 0 Å². The van der Waals surface area contributed by atoms with E-state index in [1.165, 1.54) is 273 Å². The fraction of sp³-hybridized carbons (Fsp3) is 0.561. The summed E-state index contributed by atoms with van der Waals surface area (Å²) in [5.74, 6) is 1.01. The number of aryl methyl sites for hydroxylation is 2. The Labute approximate surface area is 530 Å². The average Bonchev–Trinajstić information content (AvgIpc) is 1.56. The minimum absolute atomic E-state index is 0.171. The van der Waals surface area contributed by atoms with E-state index < -0.39 is 0 Å². The molecule has 0 N–H and O–H groups in total. The van der Waals surface area contributed by atoms with Gasteiger partial charge in [-0.25, -0.2) is 0 Å². The number of unbranched alkanes of at least 4 members (excludes halogenated alkanes) is 28. The van der Waals surface area contributed by atoms with Gasteiger partial charge in [-0.1, -0.05) is 313 Å². The van der Waals surface area contributed by atoms with E-state index in [4.69, 9.17) is 0 Å². The molecule has 0 saturated heterocycles. The second-order valence-electron chi connectivity index (χ2n) is 26.7. The topological polar surface area (TPSA) is 34.1 Å². The highest BCUT2D eigenvalue weighted by Gasteiger charge is 2.25. The van der Waals surface area contributed by atoms with Crippen LogP contribution < -0.4 is 10.9 Å². The second kappa shape index (κ2) is 36.7. The fourth-order valence-corrected chi connectivity index (χ4v) is 16.3. The number of rotatable bonds is 44. The first-order valence-electron chi connectivity index (χ1n) is 35.7. The largest absolute Gasteiger partial charge is 0.289 e. The van der Waals surface area contributed by atoms with Crippen LogP contribution in [0.25, 0.3) is 74.8 Å². The van der Waals surface area contributed by atoms with Crippen molar-refractivity contribution in [2.75, 3.05) is 0 Å².